The number of carbonyl (C=O) groups excluding carboxylic acids is 1. The third-order valence-electron chi connectivity index (χ3n) is 4.24. The Morgan fingerprint density at radius 2 is 0.857 bits per heavy atom. The zero-order valence-corrected chi connectivity index (χ0v) is 23.1. The molecule has 3 aromatic carbocycles. The van der Waals surface area contributed by atoms with Crippen LogP contribution in [0.4, 0.5) is 0 Å². The molecule has 0 bridgehead atoms. The first kappa shape index (κ1) is 36.5. The van der Waals surface area contributed by atoms with Gasteiger partial charge in [-0.25, -0.2) is 0 Å². The van der Waals surface area contributed by atoms with Gasteiger partial charge in [-0.05, 0) is 36.4 Å². The predicted molar refractivity (Wildman–Crippen MR) is 122 cm³/mol. The van der Waals surface area contributed by atoms with Crippen LogP contribution in [-0.2, 0) is 15.7 Å². The smallest absolute Gasteiger partial charge is 0.112 e. The molecule has 0 fully saturated rings. The van der Waals surface area contributed by atoms with Crippen molar-refractivity contribution in [1.29, 1.82) is 0 Å². The van der Waals surface area contributed by atoms with Gasteiger partial charge >= 0.3 is 0 Å². The van der Waals surface area contributed by atoms with Crippen molar-refractivity contribution in [2.24, 2.45) is 0 Å². The van der Waals surface area contributed by atoms with Crippen molar-refractivity contribution in [2.45, 2.75) is 6.42 Å². The van der Waals surface area contributed by atoms with Crippen LogP contribution in [0.5, 0.6) is 0 Å². The molecule has 3 aromatic rings. The number of carboxylic acids is 1. The minimum atomic E-state index is -2.03. The van der Waals surface area contributed by atoms with Crippen LogP contribution in [0.15, 0.2) is 91.0 Å². The number of carboxylic acid groups (broad SMARTS) is 1. The van der Waals surface area contributed by atoms with Gasteiger partial charge in [-0.1, -0.05) is 54.6 Å². The summed E-state index contributed by atoms with van der Waals surface area (Å²) in [5, 5.41) is 44.3. The van der Waals surface area contributed by atoms with Gasteiger partial charge in [0.05, 0.1) is 16.3 Å². The van der Waals surface area contributed by atoms with Gasteiger partial charge in [0.1, 0.15) is 23.2 Å². The summed E-state index contributed by atoms with van der Waals surface area (Å²) in [6.07, 6.45) is 0.611. The Hall–Kier alpha value is -3.07. The van der Waals surface area contributed by atoms with E-state index >= 15 is 0 Å². The fraction of sp³-hybridized carbons (Fsp3) is 0.0952. The Labute approximate surface area is 224 Å². The Kier molecular flexibility index (Phi) is 20.1. The van der Waals surface area contributed by atoms with Gasteiger partial charge in [0.2, 0.25) is 0 Å². The van der Waals surface area contributed by atoms with E-state index in [9.17, 15) is 9.90 Å². The van der Waals surface area contributed by atoms with E-state index in [-0.39, 0.29) is 48.5 Å². The van der Waals surface area contributed by atoms with Crippen molar-refractivity contribution in [3.05, 3.63) is 122 Å². The molecule has 0 spiro atoms. The number of nitrogens with zero attached hydrogens (tertiary/aromatic N) is 2. The van der Waals surface area contributed by atoms with Gasteiger partial charge < -0.3 is 51.5 Å². The molecule has 12 nitrogen and oxygen atoms in total. The molecule has 14 heteroatoms. The van der Waals surface area contributed by atoms with Crippen LogP contribution in [0.2, 0.25) is 0 Å². The van der Waals surface area contributed by atoms with Crippen LogP contribution < -0.4 is 21.0 Å². The molecule has 0 amide bonds. The van der Waals surface area contributed by atoms with Crippen molar-refractivity contribution < 1.29 is 62.1 Å². The summed E-state index contributed by atoms with van der Waals surface area (Å²) in [5.41, 5.74) is 0. The molecule has 0 atom stereocenters. The second kappa shape index (κ2) is 19.3. The standard InChI is InChI=1S/C21H19O2P.2NO3.2O.U/c22-21(23)16-17-24(18-10-4-1-5-11-18,19-12-6-2-7-13-19)20-14-8-3-9-15-20;2*2-1(3)4;;;/h1-15H,16-17H2;;;;;/q;2*-1;2*-2;. The molecule has 0 saturated heterocycles. The second-order valence-corrected chi connectivity index (χ2v) is 9.73. The van der Waals surface area contributed by atoms with E-state index < -0.39 is 23.4 Å². The normalized spacial score (nSPS) is 9.03. The number of benzene rings is 3. The number of aliphatic carboxylic acids is 1. The molecule has 0 heterocycles. The predicted octanol–water partition coefficient (Wildman–Crippen LogP) is 1.40. The van der Waals surface area contributed by atoms with Gasteiger partial charge in [-0.15, -0.1) is 0 Å². The van der Waals surface area contributed by atoms with Crippen molar-refractivity contribution >= 4 is 29.1 Å². The van der Waals surface area contributed by atoms with Gasteiger partial charge in [-0.2, -0.15) is 0 Å². The largest absolute Gasteiger partial charge is 2.00 e. The third kappa shape index (κ3) is 12.8. The van der Waals surface area contributed by atoms with E-state index in [4.69, 9.17) is 30.6 Å². The van der Waals surface area contributed by atoms with Crippen LogP contribution in [-0.4, -0.2) is 22.3 Å². The van der Waals surface area contributed by atoms with Crippen molar-refractivity contribution in [1.82, 2.24) is 0 Å². The fourth-order valence-corrected chi connectivity index (χ4v) is 7.37. The Morgan fingerprint density at radius 1 is 0.629 bits per heavy atom. The molecule has 0 aliphatic heterocycles. The minimum Gasteiger partial charge on any atom is -2.00 e. The van der Waals surface area contributed by atoms with Gasteiger partial charge in [0.15, 0.2) is 0 Å². The van der Waals surface area contributed by atoms with E-state index in [1.807, 2.05) is 54.6 Å². The van der Waals surface area contributed by atoms with Crippen LogP contribution in [0, 0.1) is 61.8 Å². The fourth-order valence-electron chi connectivity index (χ4n) is 3.14. The van der Waals surface area contributed by atoms with Gasteiger partial charge in [0, 0.05) is 43.5 Å². The average molecular weight is 728 g/mol. The Bertz CT molecular complexity index is 882. The van der Waals surface area contributed by atoms with Crippen molar-refractivity contribution in [3.63, 3.8) is 0 Å². The zero-order chi connectivity index (χ0) is 24.0. The summed E-state index contributed by atoms with van der Waals surface area (Å²) in [5.74, 6) is -0.998. The quantitative estimate of drug-likeness (QED) is 0.204. The van der Waals surface area contributed by atoms with E-state index in [0.29, 0.717) is 6.16 Å². The van der Waals surface area contributed by atoms with E-state index in [2.05, 4.69) is 36.4 Å². The van der Waals surface area contributed by atoms with Crippen molar-refractivity contribution in [2.75, 3.05) is 6.16 Å². The van der Waals surface area contributed by atoms with Crippen LogP contribution in [0.1, 0.15) is 6.42 Å². The SMILES string of the molecule is O=C([O-])CC[P+](c1ccccc1)(c1ccccc1)c1ccccc1.O=[N+]([O-])[O-].O=[N+]([O-])[O-].[O-2].[O-2].[U]. The third-order valence-corrected chi connectivity index (χ3v) is 8.68. The maximum Gasteiger partial charge on any atom is 0.112 e. The maximum absolute atomic E-state index is 11.2. The molecule has 0 aliphatic carbocycles. The minimum absolute atomic E-state index is 0. The Balaban J connectivity index is -0.000000818. The number of carbonyl (C=O) groups is 1. The molecule has 0 aromatic heterocycles. The first-order valence-corrected chi connectivity index (χ1v) is 11.1. The molecule has 0 N–H and O–H groups in total. The summed E-state index contributed by atoms with van der Waals surface area (Å²) in [6.45, 7) is 0. The molecular formula is C21H19N2O10PU-6. The molecule has 3 rings (SSSR count). The monoisotopic (exact) mass is 728 g/mol. The maximum atomic E-state index is 11.2. The summed E-state index contributed by atoms with van der Waals surface area (Å²) in [6, 6.07) is 30.8. The molecular weight excluding hydrogens is 709 g/mol. The first-order chi connectivity index (χ1) is 15.2. The summed E-state index contributed by atoms with van der Waals surface area (Å²) >= 11 is 0. The Morgan fingerprint density at radius 3 is 1.06 bits per heavy atom. The van der Waals surface area contributed by atoms with Gasteiger partial charge in [-0.3, -0.25) is 0 Å². The first-order valence-electron chi connectivity index (χ1n) is 9.08. The topological polar surface area (TPSA) is 230 Å². The summed E-state index contributed by atoms with van der Waals surface area (Å²) in [7, 11) is -2.03. The number of rotatable bonds is 6. The molecule has 0 unspecified atom stereocenters. The molecule has 0 radical (unpaired) electrons. The molecule has 188 valence electrons. The zero-order valence-electron chi connectivity index (χ0n) is 18.0. The van der Waals surface area contributed by atoms with Crippen LogP contribution in [0.25, 0.3) is 0 Å². The van der Waals surface area contributed by atoms with E-state index in [0.717, 1.165) is 0 Å². The van der Waals surface area contributed by atoms with E-state index in [1.165, 1.54) is 15.9 Å². The average Bonchev–Trinajstić information content (AvgIpc) is 2.76. The summed E-state index contributed by atoms with van der Waals surface area (Å²) in [4.78, 5) is 27.7. The van der Waals surface area contributed by atoms with E-state index in [1.54, 1.807) is 0 Å². The molecule has 0 saturated carbocycles. The van der Waals surface area contributed by atoms with Crippen molar-refractivity contribution in [3.8, 4) is 0 Å². The van der Waals surface area contributed by atoms with Crippen LogP contribution >= 0.6 is 7.26 Å². The molecule has 0 aliphatic rings. The van der Waals surface area contributed by atoms with Gasteiger partial charge in [0.25, 0.3) is 0 Å². The number of hydrogen-bond acceptors (Lipinski definition) is 8. The number of hydrogen-bond donors (Lipinski definition) is 0. The van der Waals surface area contributed by atoms with Crippen LogP contribution in [0.3, 0.4) is 0 Å². The second-order valence-electron chi connectivity index (χ2n) is 6.11. The summed E-state index contributed by atoms with van der Waals surface area (Å²) < 4.78 is 0. The molecule has 35 heavy (non-hydrogen) atoms.